The van der Waals surface area contributed by atoms with Gasteiger partial charge in [0.2, 0.25) is 0 Å². The highest BCUT2D eigenvalue weighted by Gasteiger charge is 2.09. The Hall–Kier alpha value is -2.12. The number of ether oxygens (including phenoxy) is 2. The first kappa shape index (κ1) is 19.2. The van der Waals surface area contributed by atoms with E-state index in [1.165, 1.54) is 11.3 Å². The number of amides is 1. The molecule has 0 atom stereocenters. The van der Waals surface area contributed by atoms with Crippen molar-refractivity contribution in [2.45, 2.75) is 26.3 Å². The Bertz CT molecular complexity index is 702. The molecule has 1 amide bonds. The summed E-state index contributed by atoms with van der Waals surface area (Å²) in [5, 5.41) is 7.83. The standard InChI is InChI=1S/C18H22N2O3S2/c1-3-4-9-23-14-8-7-13(11-15(14)22-2)12-19-18(24)20-17(21)16-6-5-10-25-16/h5-8,10-11H,3-4,9,12H2,1-2H3,(H2,19,20,21,24). The van der Waals surface area contributed by atoms with Crippen molar-refractivity contribution in [1.29, 1.82) is 0 Å². The van der Waals surface area contributed by atoms with Crippen LogP contribution in [0.15, 0.2) is 35.7 Å². The van der Waals surface area contributed by atoms with Gasteiger partial charge in [0.25, 0.3) is 5.91 Å². The van der Waals surface area contributed by atoms with Crippen LogP contribution in [0, 0.1) is 0 Å². The minimum absolute atomic E-state index is 0.204. The van der Waals surface area contributed by atoms with E-state index in [9.17, 15) is 4.79 Å². The second-order valence-corrected chi connectivity index (χ2v) is 6.66. The number of hydrogen-bond acceptors (Lipinski definition) is 5. The number of rotatable bonds is 8. The van der Waals surface area contributed by atoms with Gasteiger partial charge in [0.1, 0.15) is 0 Å². The third-order valence-electron chi connectivity index (χ3n) is 3.41. The summed E-state index contributed by atoms with van der Waals surface area (Å²) in [5.74, 6) is 1.21. The van der Waals surface area contributed by atoms with Crippen LogP contribution in [0.1, 0.15) is 35.0 Å². The molecule has 134 valence electrons. The van der Waals surface area contributed by atoms with Gasteiger partial charge in [-0.2, -0.15) is 0 Å². The zero-order chi connectivity index (χ0) is 18.1. The monoisotopic (exact) mass is 378 g/mol. The van der Waals surface area contributed by atoms with Gasteiger partial charge in [-0.25, -0.2) is 0 Å². The fourth-order valence-corrected chi connectivity index (χ4v) is 2.85. The number of carbonyl (C=O) groups is 1. The molecular formula is C18H22N2O3S2. The Morgan fingerprint density at radius 1 is 1.28 bits per heavy atom. The van der Waals surface area contributed by atoms with Crippen molar-refractivity contribution in [2.24, 2.45) is 0 Å². The second-order valence-electron chi connectivity index (χ2n) is 5.30. The van der Waals surface area contributed by atoms with Crippen molar-refractivity contribution in [2.75, 3.05) is 13.7 Å². The molecule has 2 N–H and O–H groups in total. The Balaban J connectivity index is 1.87. The summed E-state index contributed by atoms with van der Waals surface area (Å²) in [6.45, 7) is 3.27. The molecule has 0 aliphatic rings. The maximum absolute atomic E-state index is 11.9. The molecule has 2 aromatic rings. The van der Waals surface area contributed by atoms with Crippen LogP contribution in [0.2, 0.25) is 0 Å². The van der Waals surface area contributed by atoms with Crippen LogP contribution in [0.4, 0.5) is 0 Å². The van der Waals surface area contributed by atoms with Crippen LogP contribution >= 0.6 is 23.6 Å². The van der Waals surface area contributed by atoms with Crippen LogP contribution in [-0.4, -0.2) is 24.7 Å². The lowest BCUT2D eigenvalue weighted by molar-refractivity contribution is 0.0980. The lowest BCUT2D eigenvalue weighted by atomic mass is 10.2. The summed E-state index contributed by atoms with van der Waals surface area (Å²) >= 11 is 6.54. The van der Waals surface area contributed by atoms with Crippen molar-refractivity contribution in [1.82, 2.24) is 10.6 Å². The molecule has 0 aliphatic heterocycles. The van der Waals surface area contributed by atoms with E-state index in [0.717, 1.165) is 24.2 Å². The number of thiophene rings is 1. The molecule has 5 nitrogen and oxygen atoms in total. The number of unbranched alkanes of at least 4 members (excludes halogenated alkanes) is 1. The van der Waals surface area contributed by atoms with E-state index < -0.39 is 0 Å². The Morgan fingerprint density at radius 2 is 2.12 bits per heavy atom. The van der Waals surface area contributed by atoms with Gasteiger partial charge in [-0.05, 0) is 47.8 Å². The molecule has 1 aromatic heterocycles. The molecule has 25 heavy (non-hydrogen) atoms. The minimum Gasteiger partial charge on any atom is -0.493 e. The van der Waals surface area contributed by atoms with Crippen LogP contribution in [0.25, 0.3) is 0 Å². The van der Waals surface area contributed by atoms with E-state index in [1.807, 2.05) is 29.6 Å². The number of thiocarbonyl (C=S) groups is 1. The molecule has 0 fully saturated rings. The second kappa shape index (κ2) is 10.0. The third kappa shape index (κ3) is 6.03. The number of carbonyl (C=O) groups excluding carboxylic acids is 1. The number of nitrogens with one attached hydrogen (secondary N) is 2. The summed E-state index contributed by atoms with van der Waals surface area (Å²) in [7, 11) is 1.62. The molecule has 0 spiro atoms. The Labute approximate surface area is 157 Å². The first-order chi connectivity index (χ1) is 12.1. The van der Waals surface area contributed by atoms with Crippen molar-refractivity contribution in [3.8, 4) is 11.5 Å². The summed E-state index contributed by atoms with van der Waals surface area (Å²) in [4.78, 5) is 12.6. The summed E-state index contributed by atoms with van der Waals surface area (Å²) in [5.41, 5.74) is 0.979. The van der Waals surface area contributed by atoms with Crippen molar-refractivity contribution in [3.63, 3.8) is 0 Å². The SMILES string of the molecule is CCCCOc1ccc(CNC(=S)NC(=O)c2cccs2)cc1OC. The van der Waals surface area contributed by atoms with E-state index in [4.69, 9.17) is 21.7 Å². The highest BCUT2D eigenvalue weighted by Crippen LogP contribution is 2.28. The van der Waals surface area contributed by atoms with Crippen molar-refractivity contribution >= 4 is 34.6 Å². The highest BCUT2D eigenvalue weighted by atomic mass is 32.1. The summed E-state index contributed by atoms with van der Waals surface area (Å²) in [6.07, 6.45) is 2.09. The van der Waals surface area contributed by atoms with Gasteiger partial charge < -0.3 is 14.8 Å². The van der Waals surface area contributed by atoms with Crippen LogP contribution in [0.5, 0.6) is 11.5 Å². The molecule has 0 radical (unpaired) electrons. The number of hydrogen-bond donors (Lipinski definition) is 2. The predicted molar refractivity (Wildman–Crippen MR) is 105 cm³/mol. The van der Waals surface area contributed by atoms with Crippen LogP contribution < -0.4 is 20.1 Å². The topological polar surface area (TPSA) is 59.6 Å². The normalized spacial score (nSPS) is 10.2. The van der Waals surface area contributed by atoms with Gasteiger partial charge in [-0.1, -0.05) is 25.5 Å². The lowest BCUT2D eigenvalue weighted by Gasteiger charge is -2.13. The van der Waals surface area contributed by atoms with Gasteiger partial charge >= 0.3 is 0 Å². The molecule has 0 saturated heterocycles. The van der Waals surface area contributed by atoms with E-state index >= 15 is 0 Å². The van der Waals surface area contributed by atoms with Gasteiger partial charge in [-0.3, -0.25) is 10.1 Å². The first-order valence-corrected chi connectivity index (χ1v) is 9.35. The average Bonchev–Trinajstić information content (AvgIpc) is 3.15. The van der Waals surface area contributed by atoms with Crippen molar-refractivity contribution < 1.29 is 14.3 Å². The fourth-order valence-electron chi connectivity index (χ4n) is 2.07. The molecule has 0 bridgehead atoms. The van der Waals surface area contributed by atoms with Crippen molar-refractivity contribution in [3.05, 3.63) is 46.2 Å². The molecule has 2 rings (SSSR count). The van der Waals surface area contributed by atoms with Gasteiger partial charge in [0.15, 0.2) is 16.6 Å². The molecule has 0 aliphatic carbocycles. The quantitative estimate of drug-likeness (QED) is 0.541. The largest absolute Gasteiger partial charge is 0.493 e. The Morgan fingerprint density at radius 3 is 2.80 bits per heavy atom. The van der Waals surface area contributed by atoms with Gasteiger partial charge in [0, 0.05) is 6.54 Å². The predicted octanol–water partition coefficient (Wildman–Crippen LogP) is 3.74. The highest BCUT2D eigenvalue weighted by molar-refractivity contribution is 7.80. The molecule has 0 unspecified atom stereocenters. The first-order valence-electron chi connectivity index (χ1n) is 8.06. The van der Waals surface area contributed by atoms with Gasteiger partial charge in [0.05, 0.1) is 18.6 Å². The third-order valence-corrected chi connectivity index (χ3v) is 4.52. The average molecular weight is 379 g/mol. The van der Waals surface area contributed by atoms with E-state index in [1.54, 1.807) is 13.2 Å². The molecule has 7 heteroatoms. The minimum atomic E-state index is -0.204. The lowest BCUT2D eigenvalue weighted by Crippen LogP contribution is -2.38. The summed E-state index contributed by atoms with van der Waals surface area (Å²) in [6, 6.07) is 9.31. The number of benzene rings is 1. The molecule has 1 heterocycles. The van der Waals surface area contributed by atoms with Crippen LogP contribution in [-0.2, 0) is 6.54 Å². The van der Waals surface area contributed by atoms with Gasteiger partial charge in [-0.15, -0.1) is 11.3 Å². The maximum Gasteiger partial charge on any atom is 0.267 e. The molecule has 0 saturated carbocycles. The van der Waals surface area contributed by atoms with E-state index in [2.05, 4.69) is 17.6 Å². The zero-order valence-corrected chi connectivity index (χ0v) is 16.0. The molecular weight excluding hydrogens is 356 g/mol. The van der Waals surface area contributed by atoms with E-state index in [-0.39, 0.29) is 5.91 Å². The Kier molecular flexibility index (Phi) is 7.69. The zero-order valence-electron chi connectivity index (χ0n) is 14.3. The maximum atomic E-state index is 11.9. The smallest absolute Gasteiger partial charge is 0.267 e. The summed E-state index contributed by atoms with van der Waals surface area (Å²) < 4.78 is 11.1. The molecule has 1 aromatic carbocycles. The van der Waals surface area contributed by atoms with E-state index in [0.29, 0.717) is 28.9 Å². The number of methoxy groups -OCH3 is 1. The van der Waals surface area contributed by atoms with Crippen LogP contribution in [0.3, 0.4) is 0 Å². The fraction of sp³-hybridized carbons (Fsp3) is 0.333.